The summed E-state index contributed by atoms with van der Waals surface area (Å²) in [6.45, 7) is 0. The SMILES string of the molecule is COc1ccc(OC)c(NC(=O)Cc2csc(NC(=O)C3C=CC=NC3=O)n2)c1. The molecule has 2 N–H and O–H groups in total. The molecular weight excluding hydrogens is 396 g/mol. The van der Waals surface area contributed by atoms with Gasteiger partial charge in [-0.05, 0) is 18.2 Å². The maximum absolute atomic E-state index is 12.4. The van der Waals surface area contributed by atoms with Crippen molar-refractivity contribution in [3.05, 3.63) is 41.4 Å². The second-order valence-corrected chi connectivity index (χ2v) is 6.76. The van der Waals surface area contributed by atoms with E-state index >= 15 is 0 Å². The molecule has 0 saturated carbocycles. The molecular formula is C19H18N4O5S. The van der Waals surface area contributed by atoms with Crippen LogP contribution in [0.1, 0.15) is 5.69 Å². The van der Waals surface area contributed by atoms with Crippen molar-refractivity contribution in [2.45, 2.75) is 6.42 Å². The van der Waals surface area contributed by atoms with Gasteiger partial charge in [-0.15, -0.1) is 11.3 Å². The maximum Gasteiger partial charge on any atom is 0.262 e. The Morgan fingerprint density at radius 1 is 1.21 bits per heavy atom. The van der Waals surface area contributed by atoms with E-state index in [4.69, 9.17) is 9.47 Å². The first-order valence-corrected chi connectivity index (χ1v) is 9.40. The van der Waals surface area contributed by atoms with Gasteiger partial charge in [0.15, 0.2) is 5.13 Å². The number of aliphatic imine (C=N–C) groups is 1. The number of dihydropyridines is 1. The van der Waals surface area contributed by atoms with Crippen LogP contribution in [0.3, 0.4) is 0 Å². The van der Waals surface area contributed by atoms with Gasteiger partial charge in [-0.3, -0.25) is 14.4 Å². The Morgan fingerprint density at radius 3 is 2.76 bits per heavy atom. The van der Waals surface area contributed by atoms with E-state index in [1.165, 1.54) is 32.6 Å². The Hall–Kier alpha value is -3.53. The Balaban J connectivity index is 1.61. The number of amides is 3. The fourth-order valence-electron chi connectivity index (χ4n) is 2.54. The molecule has 3 amide bonds. The first-order chi connectivity index (χ1) is 14.0. The van der Waals surface area contributed by atoms with Crippen LogP contribution in [0.2, 0.25) is 0 Å². The Labute approximate surface area is 170 Å². The van der Waals surface area contributed by atoms with Crippen LogP contribution in [-0.4, -0.2) is 43.1 Å². The molecule has 1 aliphatic rings. The Morgan fingerprint density at radius 2 is 2.03 bits per heavy atom. The van der Waals surface area contributed by atoms with Gasteiger partial charge in [0.2, 0.25) is 11.8 Å². The summed E-state index contributed by atoms with van der Waals surface area (Å²) >= 11 is 1.16. The third-order valence-electron chi connectivity index (χ3n) is 3.94. The Bertz CT molecular complexity index is 998. The molecule has 150 valence electrons. The minimum atomic E-state index is -0.976. The predicted octanol–water partition coefficient (Wildman–Crippen LogP) is 2.06. The van der Waals surface area contributed by atoms with Gasteiger partial charge in [0.1, 0.15) is 17.4 Å². The smallest absolute Gasteiger partial charge is 0.262 e. The van der Waals surface area contributed by atoms with Crippen LogP contribution in [0.5, 0.6) is 11.5 Å². The largest absolute Gasteiger partial charge is 0.497 e. The molecule has 1 atom stereocenters. The lowest BCUT2D eigenvalue weighted by Crippen LogP contribution is -2.28. The van der Waals surface area contributed by atoms with Crippen molar-refractivity contribution in [3.63, 3.8) is 0 Å². The number of methoxy groups -OCH3 is 2. The van der Waals surface area contributed by atoms with Gasteiger partial charge in [-0.2, -0.15) is 0 Å². The molecule has 1 aromatic carbocycles. The molecule has 10 heteroatoms. The Kier molecular flexibility index (Phi) is 6.35. The number of allylic oxidation sites excluding steroid dienone is 1. The third-order valence-corrected chi connectivity index (χ3v) is 4.75. The highest BCUT2D eigenvalue weighted by Gasteiger charge is 2.25. The minimum absolute atomic E-state index is 0.000705. The number of carbonyl (C=O) groups excluding carboxylic acids is 3. The number of benzene rings is 1. The molecule has 1 unspecified atom stereocenters. The number of nitrogens with zero attached hydrogens (tertiary/aromatic N) is 2. The standard InChI is InChI=1S/C19H18N4O5S/c1-27-12-5-6-15(28-2)14(9-12)22-16(24)8-11-10-29-19(21-11)23-18(26)13-4-3-7-20-17(13)25/h3-7,9-10,13H,8H2,1-2H3,(H,22,24)(H,21,23,26). The fourth-order valence-corrected chi connectivity index (χ4v) is 3.25. The number of carbonyl (C=O) groups is 3. The zero-order chi connectivity index (χ0) is 20.8. The van der Waals surface area contributed by atoms with Crippen molar-refractivity contribution in [3.8, 4) is 11.5 Å². The molecule has 0 bridgehead atoms. The summed E-state index contributed by atoms with van der Waals surface area (Å²) in [5, 5.41) is 7.29. The molecule has 2 heterocycles. The van der Waals surface area contributed by atoms with Gasteiger partial charge < -0.3 is 20.1 Å². The lowest BCUT2D eigenvalue weighted by atomic mass is 10.1. The number of anilines is 2. The van der Waals surface area contributed by atoms with Gasteiger partial charge in [-0.25, -0.2) is 9.98 Å². The molecule has 9 nitrogen and oxygen atoms in total. The first-order valence-electron chi connectivity index (χ1n) is 8.52. The zero-order valence-electron chi connectivity index (χ0n) is 15.7. The fraction of sp³-hybridized carbons (Fsp3) is 0.211. The van der Waals surface area contributed by atoms with Gasteiger partial charge in [-0.1, -0.05) is 6.08 Å². The van der Waals surface area contributed by atoms with Gasteiger partial charge in [0.05, 0.1) is 32.0 Å². The highest BCUT2D eigenvalue weighted by molar-refractivity contribution is 7.14. The summed E-state index contributed by atoms with van der Waals surface area (Å²) in [6.07, 6.45) is 4.34. The minimum Gasteiger partial charge on any atom is -0.497 e. The van der Waals surface area contributed by atoms with Crippen LogP contribution in [0.25, 0.3) is 0 Å². The van der Waals surface area contributed by atoms with Crippen molar-refractivity contribution in [1.29, 1.82) is 0 Å². The molecule has 29 heavy (non-hydrogen) atoms. The molecule has 2 aromatic rings. The van der Waals surface area contributed by atoms with Crippen LogP contribution in [0, 0.1) is 5.92 Å². The summed E-state index contributed by atoms with van der Waals surface area (Å²) in [6, 6.07) is 5.07. The van der Waals surface area contributed by atoms with Crippen LogP contribution >= 0.6 is 11.3 Å². The average Bonchev–Trinajstić information content (AvgIpc) is 3.14. The normalized spacial score (nSPS) is 15.1. The number of aromatic nitrogens is 1. The summed E-state index contributed by atoms with van der Waals surface area (Å²) in [4.78, 5) is 44.0. The van der Waals surface area contributed by atoms with Crippen molar-refractivity contribution in [2.24, 2.45) is 10.9 Å². The number of ether oxygens (including phenoxy) is 2. The molecule has 0 fully saturated rings. The lowest BCUT2D eigenvalue weighted by molar-refractivity contribution is -0.128. The lowest BCUT2D eigenvalue weighted by Gasteiger charge is -2.11. The van der Waals surface area contributed by atoms with Gasteiger partial charge >= 0.3 is 0 Å². The van der Waals surface area contributed by atoms with Crippen molar-refractivity contribution >= 4 is 46.1 Å². The summed E-state index contributed by atoms with van der Waals surface area (Å²) in [5.41, 5.74) is 0.956. The first kappa shape index (κ1) is 20.2. The maximum atomic E-state index is 12.4. The number of hydrogen-bond donors (Lipinski definition) is 2. The molecule has 3 rings (SSSR count). The summed E-state index contributed by atoms with van der Waals surface area (Å²) in [7, 11) is 3.03. The third kappa shape index (κ3) is 5.05. The quantitative estimate of drug-likeness (QED) is 0.670. The van der Waals surface area contributed by atoms with Crippen LogP contribution in [0.4, 0.5) is 10.8 Å². The monoisotopic (exact) mass is 414 g/mol. The highest BCUT2D eigenvalue weighted by Crippen LogP contribution is 2.29. The van der Waals surface area contributed by atoms with Gasteiger partial charge in [0, 0.05) is 17.7 Å². The van der Waals surface area contributed by atoms with E-state index in [9.17, 15) is 14.4 Å². The van der Waals surface area contributed by atoms with E-state index in [-0.39, 0.29) is 12.3 Å². The highest BCUT2D eigenvalue weighted by atomic mass is 32.1. The molecule has 1 aromatic heterocycles. The van der Waals surface area contributed by atoms with Crippen molar-refractivity contribution in [1.82, 2.24) is 4.98 Å². The van der Waals surface area contributed by atoms with E-state index in [1.807, 2.05) is 0 Å². The summed E-state index contributed by atoms with van der Waals surface area (Å²) in [5.74, 6) is -1.26. The van der Waals surface area contributed by atoms with E-state index < -0.39 is 17.7 Å². The number of thiazole rings is 1. The average molecular weight is 414 g/mol. The number of hydrogen-bond acceptors (Lipinski definition) is 7. The van der Waals surface area contributed by atoms with E-state index in [0.717, 1.165) is 11.3 Å². The number of nitrogens with one attached hydrogen (secondary N) is 2. The summed E-state index contributed by atoms with van der Waals surface area (Å²) < 4.78 is 10.4. The van der Waals surface area contributed by atoms with Crippen LogP contribution in [-0.2, 0) is 20.8 Å². The molecule has 1 aliphatic heterocycles. The van der Waals surface area contributed by atoms with E-state index in [0.29, 0.717) is 28.0 Å². The zero-order valence-corrected chi connectivity index (χ0v) is 16.5. The van der Waals surface area contributed by atoms with E-state index in [1.54, 1.807) is 23.6 Å². The van der Waals surface area contributed by atoms with Crippen molar-refractivity contribution in [2.75, 3.05) is 24.9 Å². The van der Waals surface area contributed by atoms with Gasteiger partial charge in [0.25, 0.3) is 5.91 Å². The molecule has 0 radical (unpaired) electrons. The second-order valence-electron chi connectivity index (χ2n) is 5.90. The van der Waals surface area contributed by atoms with E-state index in [2.05, 4.69) is 20.6 Å². The molecule has 0 spiro atoms. The topological polar surface area (TPSA) is 119 Å². The predicted molar refractivity (Wildman–Crippen MR) is 109 cm³/mol. The van der Waals surface area contributed by atoms with Crippen molar-refractivity contribution < 1.29 is 23.9 Å². The van der Waals surface area contributed by atoms with Crippen LogP contribution in [0.15, 0.2) is 40.7 Å². The molecule has 0 aliphatic carbocycles. The van der Waals surface area contributed by atoms with Crippen LogP contribution < -0.4 is 20.1 Å². The second kappa shape index (κ2) is 9.11. The number of rotatable bonds is 7. The molecule has 0 saturated heterocycles.